The maximum absolute atomic E-state index is 11.6. The summed E-state index contributed by atoms with van der Waals surface area (Å²) in [6.45, 7) is 13.8. The molecule has 0 amide bonds. The Hall–Kier alpha value is -0.590. The summed E-state index contributed by atoms with van der Waals surface area (Å²) < 4.78 is 0. The molecule has 5 aliphatic carbocycles. The van der Waals surface area contributed by atoms with Crippen molar-refractivity contribution in [2.24, 2.45) is 28.1 Å². The van der Waals surface area contributed by atoms with Crippen molar-refractivity contribution >= 4 is 5.78 Å². The molecule has 0 N–H and O–H groups in total. The summed E-state index contributed by atoms with van der Waals surface area (Å²) in [5, 5.41) is 0. The van der Waals surface area contributed by atoms with Crippen LogP contribution in [-0.4, -0.2) is 5.78 Å². The number of allylic oxidation sites excluding steroid dienone is 2. The zero-order valence-electron chi connectivity index (χ0n) is 14.8. The van der Waals surface area contributed by atoms with Crippen molar-refractivity contribution < 1.29 is 4.79 Å². The van der Waals surface area contributed by atoms with Crippen LogP contribution in [0, 0.1) is 28.1 Å². The van der Waals surface area contributed by atoms with Gasteiger partial charge < -0.3 is 0 Å². The van der Waals surface area contributed by atoms with E-state index in [4.69, 9.17) is 0 Å². The number of carbonyl (C=O) groups is 1. The Labute approximate surface area is 130 Å². The highest BCUT2D eigenvalue weighted by Gasteiger charge is 2.61. The Morgan fingerprint density at radius 3 is 1.86 bits per heavy atom. The fourth-order valence-electron chi connectivity index (χ4n) is 5.51. The highest BCUT2D eigenvalue weighted by Crippen LogP contribution is 2.63. The quantitative estimate of drug-likeness (QED) is 0.534. The van der Waals surface area contributed by atoms with Gasteiger partial charge >= 0.3 is 0 Å². The van der Waals surface area contributed by atoms with E-state index in [9.17, 15) is 4.79 Å². The van der Waals surface area contributed by atoms with Gasteiger partial charge in [0, 0.05) is 11.8 Å². The molecule has 0 aliphatic heterocycles. The highest BCUT2D eigenvalue weighted by atomic mass is 16.1. The molecule has 1 nitrogen and oxygen atoms in total. The first-order chi connectivity index (χ1) is 9.60. The zero-order chi connectivity index (χ0) is 15.6. The van der Waals surface area contributed by atoms with Crippen LogP contribution in [0.5, 0.6) is 0 Å². The van der Waals surface area contributed by atoms with E-state index in [1.165, 1.54) is 25.7 Å². The molecule has 0 aromatic rings. The van der Waals surface area contributed by atoms with Crippen LogP contribution in [-0.2, 0) is 4.79 Å². The summed E-state index contributed by atoms with van der Waals surface area (Å²) in [4.78, 5) is 11.6. The number of hydrogen-bond acceptors (Lipinski definition) is 1. The lowest BCUT2D eigenvalue weighted by molar-refractivity contribution is -0.128. The van der Waals surface area contributed by atoms with Gasteiger partial charge in [0.05, 0.1) is 0 Å². The molecule has 3 saturated carbocycles. The fourth-order valence-corrected chi connectivity index (χ4v) is 5.51. The van der Waals surface area contributed by atoms with E-state index >= 15 is 0 Å². The number of carbonyl (C=O) groups excluding carboxylic acids is 1. The molecule has 21 heavy (non-hydrogen) atoms. The molecule has 0 aromatic heterocycles. The number of fused-ring (bicyclic) bond motifs is 4. The molecule has 0 saturated heterocycles. The largest absolute Gasteiger partial charge is 0.299 e. The van der Waals surface area contributed by atoms with Crippen LogP contribution >= 0.6 is 0 Å². The summed E-state index contributed by atoms with van der Waals surface area (Å²) in [6.07, 6.45) is 7.49. The van der Waals surface area contributed by atoms with E-state index in [2.05, 4.69) is 41.5 Å². The van der Waals surface area contributed by atoms with Crippen LogP contribution in [0.2, 0.25) is 0 Å². The van der Waals surface area contributed by atoms with Crippen LogP contribution in [0.1, 0.15) is 80.1 Å². The number of rotatable bonds is 0. The van der Waals surface area contributed by atoms with Gasteiger partial charge in [-0.3, -0.25) is 4.79 Å². The van der Waals surface area contributed by atoms with Crippen molar-refractivity contribution in [2.75, 3.05) is 0 Å². The van der Waals surface area contributed by atoms with Crippen LogP contribution in [0.3, 0.4) is 0 Å². The monoisotopic (exact) mass is 288 g/mol. The predicted molar refractivity (Wildman–Crippen MR) is 88.1 cm³/mol. The van der Waals surface area contributed by atoms with E-state index in [1.54, 1.807) is 11.1 Å². The molecule has 3 fully saturated rings. The minimum atomic E-state index is 0.0255. The van der Waals surface area contributed by atoms with E-state index in [1.807, 2.05) is 0 Å². The second-order valence-electron chi connectivity index (χ2n) is 9.34. The number of ketones is 1. The lowest BCUT2D eigenvalue weighted by Gasteiger charge is -2.52. The molecule has 0 spiro atoms. The average Bonchev–Trinajstić information content (AvgIpc) is 2.72. The highest BCUT2D eigenvalue weighted by molar-refractivity contribution is 5.89. The van der Waals surface area contributed by atoms with E-state index in [0.29, 0.717) is 17.1 Å². The molecule has 0 heterocycles. The smallest absolute Gasteiger partial charge is 0.139 e. The average molecular weight is 288 g/mol. The summed E-state index contributed by atoms with van der Waals surface area (Å²) in [7, 11) is 0. The van der Waals surface area contributed by atoms with Crippen molar-refractivity contribution in [3.05, 3.63) is 11.1 Å². The molecular formula is C20H32O. The summed E-state index contributed by atoms with van der Waals surface area (Å²) >= 11 is 0. The van der Waals surface area contributed by atoms with Crippen molar-refractivity contribution in [3.8, 4) is 0 Å². The molecule has 0 radical (unpaired) electrons. The first-order valence-corrected chi connectivity index (χ1v) is 8.83. The minimum Gasteiger partial charge on any atom is -0.299 e. The van der Waals surface area contributed by atoms with Gasteiger partial charge in [-0.05, 0) is 61.7 Å². The van der Waals surface area contributed by atoms with E-state index in [-0.39, 0.29) is 10.8 Å². The molecule has 4 bridgehead atoms. The van der Waals surface area contributed by atoms with Gasteiger partial charge in [-0.25, -0.2) is 0 Å². The molecule has 3 atom stereocenters. The number of Topliss-reactive ketones (excluding diaryl/α,β-unsaturated/α-hetero) is 1. The summed E-state index contributed by atoms with van der Waals surface area (Å²) in [6, 6.07) is 0. The Bertz CT molecular complexity index is 508. The van der Waals surface area contributed by atoms with Gasteiger partial charge in [-0.15, -0.1) is 0 Å². The molecule has 3 unspecified atom stereocenters. The minimum absolute atomic E-state index is 0.0255. The van der Waals surface area contributed by atoms with Crippen LogP contribution in [0.4, 0.5) is 0 Å². The second-order valence-corrected chi connectivity index (χ2v) is 9.34. The van der Waals surface area contributed by atoms with Gasteiger partial charge in [0.1, 0.15) is 5.78 Å². The molecule has 118 valence electrons. The third kappa shape index (κ3) is 1.92. The van der Waals surface area contributed by atoms with Crippen molar-refractivity contribution in [3.63, 3.8) is 0 Å². The Balaban J connectivity index is 0.000000126. The summed E-state index contributed by atoms with van der Waals surface area (Å²) in [5.74, 6) is 2.21. The standard InChI is InChI=1S/C10H16O.C10H16/c1-9(2)7-4-5-10(9,3)8(11)6-7;1-7-4-5-8-6-9(7)10(8,2)3/h7H,4-6H2,1-3H3;8H,4-6H2,1-3H3. The molecule has 5 aliphatic rings. The Kier molecular flexibility index (Phi) is 3.25. The summed E-state index contributed by atoms with van der Waals surface area (Å²) in [5.41, 5.74) is 4.35. The Morgan fingerprint density at radius 1 is 0.952 bits per heavy atom. The van der Waals surface area contributed by atoms with Crippen LogP contribution < -0.4 is 0 Å². The number of hydrogen-bond donors (Lipinski definition) is 0. The van der Waals surface area contributed by atoms with Crippen molar-refractivity contribution in [2.45, 2.75) is 80.1 Å². The van der Waals surface area contributed by atoms with E-state index in [0.717, 1.165) is 18.8 Å². The molecule has 1 heteroatoms. The fraction of sp³-hybridized carbons (Fsp3) is 0.850. The third-order valence-electron chi connectivity index (χ3n) is 8.11. The SMILES string of the molecule is CC12CCC(CC1=O)C2(C)C.CC1=C2CC(CC1)C2(C)C. The Morgan fingerprint density at radius 2 is 1.62 bits per heavy atom. The zero-order valence-corrected chi connectivity index (χ0v) is 14.8. The van der Waals surface area contributed by atoms with Gasteiger partial charge in [-0.1, -0.05) is 45.8 Å². The third-order valence-corrected chi connectivity index (χ3v) is 8.11. The van der Waals surface area contributed by atoms with Gasteiger partial charge in [0.25, 0.3) is 0 Å². The molecule has 0 aromatic carbocycles. The van der Waals surface area contributed by atoms with Gasteiger partial charge in [-0.2, -0.15) is 0 Å². The molecule has 5 rings (SSSR count). The second kappa shape index (κ2) is 4.46. The predicted octanol–water partition coefficient (Wildman–Crippen LogP) is 5.54. The van der Waals surface area contributed by atoms with Crippen LogP contribution in [0.15, 0.2) is 11.1 Å². The van der Waals surface area contributed by atoms with Gasteiger partial charge in [0.2, 0.25) is 0 Å². The normalized spacial score (nSPS) is 41.5. The lowest BCUT2D eigenvalue weighted by Crippen LogP contribution is -2.41. The maximum atomic E-state index is 11.6. The van der Waals surface area contributed by atoms with Crippen LogP contribution in [0.25, 0.3) is 0 Å². The van der Waals surface area contributed by atoms with Gasteiger partial charge in [0.15, 0.2) is 0 Å². The van der Waals surface area contributed by atoms with Crippen molar-refractivity contribution in [1.29, 1.82) is 0 Å². The first-order valence-electron chi connectivity index (χ1n) is 8.83. The lowest BCUT2D eigenvalue weighted by atomic mass is 9.52. The van der Waals surface area contributed by atoms with E-state index < -0.39 is 0 Å². The topological polar surface area (TPSA) is 17.1 Å². The first kappa shape index (κ1) is 15.3. The molecular weight excluding hydrogens is 256 g/mol. The maximum Gasteiger partial charge on any atom is 0.139 e. The van der Waals surface area contributed by atoms with Crippen molar-refractivity contribution in [1.82, 2.24) is 0 Å².